The molecule has 23 heavy (non-hydrogen) atoms. The van der Waals surface area contributed by atoms with Crippen LogP contribution in [0.25, 0.3) is 0 Å². The lowest BCUT2D eigenvalue weighted by Crippen LogP contribution is -2.27. The summed E-state index contributed by atoms with van der Waals surface area (Å²) in [5, 5.41) is 0. The third-order valence-electron chi connectivity index (χ3n) is 4.03. The van der Waals surface area contributed by atoms with Gasteiger partial charge in [-0.1, -0.05) is 36.4 Å². The fourth-order valence-electron chi connectivity index (χ4n) is 2.80. The Balaban J connectivity index is 1.85. The van der Waals surface area contributed by atoms with Crippen molar-refractivity contribution in [1.82, 2.24) is 4.90 Å². The number of carbonyl (C=O) groups is 1. The van der Waals surface area contributed by atoms with Gasteiger partial charge in [0.05, 0.1) is 10.6 Å². The van der Waals surface area contributed by atoms with Crippen molar-refractivity contribution in [3.63, 3.8) is 0 Å². The molecule has 0 spiro atoms. The van der Waals surface area contributed by atoms with Crippen LogP contribution in [0.2, 0.25) is 0 Å². The van der Waals surface area contributed by atoms with Crippen molar-refractivity contribution >= 4 is 15.7 Å². The maximum Gasteiger partial charge on any atom is 0.253 e. The predicted molar refractivity (Wildman–Crippen MR) is 88.9 cm³/mol. The topological polar surface area (TPSA) is 54.5 Å². The molecule has 1 aliphatic heterocycles. The summed E-state index contributed by atoms with van der Waals surface area (Å²) in [6.07, 6.45) is 2.02. The monoisotopic (exact) mass is 329 g/mol. The van der Waals surface area contributed by atoms with E-state index in [-0.39, 0.29) is 16.6 Å². The number of benzene rings is 2. The second-order valence-electron chi connectivity index (χ2n) is 5.77. The number of likely N-dealkylation sites (tertiary alicyclic amines) is 1. The number of carbonyl (C=O) groups excluding carboxylic acids is 1. The van der Waals surface area contributed by atoms with Gasteiger partial charge in [0.2, 0.25) is 0 Å². The van der Waals surface area contributed by atoms with Gasteiger partial charge in [0.1, 0.15) is 0 Å². The van der Waals surface area contributed by atoms with E-state index >= 15 is 0 Å². The number of amides is 1. The van der Waals surface area contributed by atoms with E-state index in [9.17, 15) is 13.2 Å². The molecule has 0 bridgehead atoms. The normalized spacial score (nSPS) is 14.9. The molecular formula is C18H19NO3S. The fourth-order valence-corrected chi connectivity index (χ4v) is 4.19. The van der Waals surface area contributed by atoms with Crippen LogP contribution in [0.15, 0.2) is 59.5 Å². The van der Waals surface area contributed by atoms with E-state index in [1.54, 1.807) is 35.2 Å². The first kappa shape index (κ1) is 15.7. The lowest BCUT2D eigenvalue weighted by Gasteiger charge is -2.15. The molecule has 1 fully saturated rings. The predicted octanol–water partition coefficient (Wildman–Crippen LogP) is 2.90. The van der Waals surface area contributed by atoms with E-state index in [4.69, 9.17) is 0 Å². The molecule has 120 valence electrons. The molecule has 5 heteroatoms. The Bertz CT molecular complexity index is 794. The van der Waals surface area contributed by atoms with Gasteiger partial charge in [-0.2, -0.15) is 0 Å². The Morgan fingerprint density at radius 3 is 2.35 bits per heavy atom. The molecule has 1 saturated heterocycles. The molecule has 4 nitrogen and oxygen atoms in total. The van der Waals surface area contributed by atoms with Gasteiger partial charge in [0.15, 0.2) is 9.84 Å². The van der Waals surface area contributed by atoms with E-state index in [0.717, 1.165) is 31.5 Å². The Hall–Kier alpha value is -2.14. The molecule has 0 N–H and O–H groups in total. The molecule has 0 unspecified atom stereocenters. The summed E-state index contributed by atoms with van der Waals surface area (Å²) in [5.74, 6) is -0.144. The van der Waals surface area contributed by atoms with Gasteiger partial charge >= 0.3 is 0 Å². The van der Waals surface area contributed by atoms with Crippen LogP contribution in [0.4, 0.5) is 0 Å². The first-order valence-corrected chi connectivity index (χ1v) is 9.37. The SMILES string of the molecule is O=C(c1cccc(S(=O)(=O)Cc2ccccc2)c1)N1CCCC1. The van der Waals surface area contributed by atoms with E-state index in [1.165, 1.54) is 6.07 Å². The van der Waals surface area contributed by atoms with Crippen molar-refractivity contribution in [3.8, 4) is 0 Å². The summed E-state index contributed by atoms with van der Waals surface area (Å²) in [4.78, 5) is 14.4. The second kappa shape index (κ2) is 6.54. The van der Waals surface area contributed by atoms with E-state index in [1.807, 2.05) is 18.2 Å². The molecule has 0 aliphatic carbocycles. The summed E-state index contributed by atoms with van der Waals surface area (Å²) in [6, 6.07) is 15.4. The zero-order valence-electron chi connectivity index (χ0n) is 12.8. The quantitative estimate of drug-likeness (QED) is 0.867. The minimum absolute atomic E-state index is 0.0603. The summed E-state index contributed by atoms with van der Waals surface area (Å²) in [6.45, 7) is 1.50. The summed E-state index contributed by atoms with van der Waals surface area (Å²) in [5.41, 5.74) is 1.19. The molecule has 2 aromatic carbocycles. The van der Waals surface area contributed by atoms with Crippen LogP contribution in [0, 0.1) is 0 Å². The molecule has 1 aliphatic rings. The van der Waals surface area contributed by atoms with Crippen molar-refractivity contribution in [2.45, 2.75) is 23.5 Å². The van der Waals surface area contributed by atoms with Gasteiger partial charge in [0, 0.05) is 18.7 Å². The van der Waals surface area contributed by atoms with Crippen LogP contribution < -0.4 is 0 Å². The Labute approximate surface area is 136 Å². The first-order chi connectivity index (χ1) is 11.1. The van der Waals surface area contributed by atoms with Crippen LogP contribution in [0.5, 0.6) is 0 Å². The second-order valence-corrected chi connectivity index (χ2v) is 7.76. The zero-order chi connectivity index (χ0) is 16.3. The van der Waals surface area contributed by atoms with Crippen LogP contribution >= 0.6 is 0 Å². The molecule has 0 radical (unpaired) electrons. The minimum Gasteiger partial charge on any atom is -0.339 e. The highest BCUT2D eigenvalue weighted by molar-refractivity contribution is 7.90. The van der Waals surface area contributed by atoms with Crippen LogP contribution in [-0.4, -0.2) is 32.3 Å². The van der Waals surface area contributed by atoms with E-state index in [0.29, 0.717) is 5.56 Å². The molecule has 0 atom stereocenters. The van der Waals surface area contributed by atoms with Gasteiger partial charge in [-0.15, -0.1) is 0 Å². The van der Waals surface area contributed by atoms with Crippen molar-refractivity contribution < 1.29 is 13.2 Å². The van der Waals surface area contributed by atoms with Crippen LogP contribution in [0.3, 0.4) is 0 Å². The van der Waals surface area contributed by atoms with Gasteiger partial charge in [0.25, 0.3) is 5.91 Å². The molecule has 2 aromatic rings. The molecular weight excluding hydrogens is 310 g/mol. The number of hydrogen-bond acceptors (Lipinski definition) is 3. The Kier molecular flexibility index (Phi) is 4.48. The number of nitrogens with zero attached hydrogens (tertiary/aromatic N) is 1. The maximum atomic E-state index is 12.6. The zero-order valence-corrected chi connectivity index (χ0v) is 13.6. The molecule has 1 amide bonds. The van der Waals surface area contributed by atoms with Crippen molar-refractivity contribution in [2.24, 2.45) is 0 Å². The molecule has 0 aromatic heterocycles. The van der Waals surface area contributed by atoms with Crippen molar-refractivity contribution in [3.05, 3.63) is 65.7 Å². The van der Waals surface area contributed by atoms with Gasteiger partial charge < -0.3 is 4.90 Å². The Morgan fingerprint density at radius 2 is 1.65 bits per heavy atom. The van der Waals surface area contributed by atoms with Gasteiger partial charge in [-0.05, 0) is 36.6 Å². The third kappa shape index (κ3) is 3.62. The van der Waals surface area contributed by atoms with E-state index in [2.05, 4.69) is 0 Å². The lowest BCUT2D eigenvalue weighted by molar-refractivity contribution is 0.0792. The highest BCUT2D eigenvalue weighted by Gasteiger charge is 2.22. The molecule has 1 heterocycles. The summed E-state index contributed by atoms with van der Waals surface area (Å²) < 4.78 is 25.1. The molecule has 0 saturated carbocycles. The van der Waals surface area contributed by atoms with Crippen molar-refractivity contribution in [2.75, 3.05) is 13.1 Å². The van der Waals surface area contributed by atoms with Gasteiger partial charge in [-0.25, -0.2) is 8.42 Å². The minimum atomic E-state index is -3.46. The number of rotatable bonds is 4. The van der Waals surface area contributed by atoms with E-state index < -0.39 is 9.84 Å². The summed E-state index contributed by atoms with van der Waals surface area (Å²) in [7, 11) is -3.46. The lowest BCUT2D eigenvalue weighted by atomic mass is 10.2. The maximum absolute atomic E-state index is 12.6. The highest BCUT2D eigenvalue weighted by Crippen LogP contribution is 2.20. The van der Waals surface area contributed by atoms with Crippen LogP contribution in [-0.2, 0) is 15.6 Å². The average molecular weight is 329 g/mol. The fraction of sp³-hybridized carbons (Fsp3) is 0.278. The number of sulfone groups is 1. The smallest absolute Gasteiger partial charge is 0.253 e. The standard InChI is InChI=1S/C18H19NO3S/c20-18(19-11-4-5-12-19)16-9-6-10-17(13-16)23(21,22)14-15-7-2-1-3-8-15/h1-3,6-10,13H,4-5,11-12,14H2. The van der Waals surface area contributed by atoms with Crippen molar-refractivity contribution in [1.29, 1.82) is 0 Å². The average Bonchev–Trinajstić information content (AvgIpc) is 3.09. The number of hydrogen-bond donors (Lipinski definition) is 0. The first-order valence-electron chi connectivity index (χ1n) is 7.72. The summed E-state index contributed by atoms with van der Waals surface area (Å²) >= 11 is 0. The molecule has 3 rings (SSSR count). The highest BCUT2D eigenvalue weighted by atomic mass is 32.2. The Morgan fingerprint density at radius 1 is 0.957 bits per heavy atom. The van der Waals surface area contributed by atoms with Gasteiger partial charge in [-0.3, -0.25) is 4.79 Å². The van der Waals surface area contributed by atoms with Crippen LogP contribution in [0.1, 0.15) is 28.8 Å². The third-order valence-corrected chi connectivity index (χ3v) is 5.72. The largest absolute Gasteiger partial charge is 0.339 e.